The average molecular weight is 236 g/mol. The second-order valence-corrected chi connectivity index (χ2v) is 3.92. The second kappa shape index (κ2) is 6.90. The van der Waals surface area contributed by atoms with Gasteiger partial charge in [-0.1, -0.05) is 26.2 Å². The minimum atomic E-state index is 0. The fraction of sp³-hybridized carbons (Fsp3) is 1.00. The molecular weight excluding hydrogens is 214 g/mol. The predicted molar refractivity (Wildman–Crippen MR) is 59.8 cm³/mol. The largest absolute Gasteiger partial charge is 0.328 e. The Balaban J connectivity index is 0.00000121. The van der Waals surface area contributed by atoms with Gasteiger partial charge in [-0.05, 0) is 31.6 Å². The molecule has 1 aliphatic carbocycles. The molecule has 1 rings (SSSR count). The number of hydrogen-bond donors (Lipinski definition) is 1. The first-order chi connectivity index (χ1) is 5.33. The van der Waals surface area contributed by atoms with E-state index in [9.17, 15) is 0 Å². The van der Waals surface area contributed by atoms with Gasteiger partial charge in [0.2, 0.25) is 0 Å². The highest BCUT2D eigenvalue weighted by molar-refractivity contribution is 8.93. The Morgan fingerprint density at radius 2 is 1.75 bits per heavy atom. The lowest BCUT2D eigenvalue weighted by Gasteiger charge is -2.25. The number of hydrogen-bond acceptors (Lipinski definition) is 1. The van der Waals surface area contributed by atoms with Gasteiger partial charge in [-0.2, -0.15) is 0 Å². The molecule has 2 N–H and O–H groups in total. The summed E-state index contributed by atoms with van der Waals surface area (Å²) in [7, 11) is 0. The Hall–Kier alpha value is 0.440. The van der Waals surface area contributed by atoms with E-state index < -0.39 is 0 Å². The summed E-state index contributed by atoms with van der Waals surface area (Å²) in [4.78, 5) is 0. The summed E-state index contributed by atoms with van der Waals surface area (Å²) < 4.78 is 0. The van der Waals surface area contributed by atoms with Crippen LogP contribution in [-0.2, 0) is 0 Å². The minimum absolute atomic E-state index is 0. The number of rotatable bonds is 3. The van der Waals surface area contributed by atoms with Gasteiger partial charge in [-0.25, -0.2) is 0 Å². The van der Waals surface area contributed by atoms with Crippen LogP contribution in [0.4, 0.5) is 0 Å². The molecule has 0 spiro atoms. The molecule has 74 valence electrons. The monoisotopic (exact) mass is 235 g/mol. The van der Waals surface area contributed by atoms with E-state index in [0.29, 0.717) is 6.04 Å². The molecule has 0 aromatic rings. The summed E-state index contributed by atoms with van der Waals surface area (Å²) in [5.74, 6) is 1.01. The van der Waals surface area contributed by atoms with Crippen molar-refractivity contribution in [3.05, 3.63) is 0 Å². The van der Waals surface area contributed by atoms with E-state index >= 15 is 0 Å². The molecule has 0 heterocycles. The van der Waals surface area contributed by atoms with Gasteiger partial charge in [0, 0.05) is 6.04 Å². The lowest BCUT2D eigenvalue weighted by Crippen LogP contribution is -2.26. The maximum atomic E-state index is 5.83. The average Bonchev–Trinajstić information content (AvgIpc) is 2.04. The quantitative estimate of drug-likeness (QED) is 0.799. The van der Waals surface area contributed by atoms with E-state index in [1.165, 1.54) is 44.9 Å². The van der Waals surface area contributed by atoms with Crippen LogP contribution in [0.15, 0.2) is 0 Å². The molecule has 0 bridgehead atoms. The number of halogens is 1. The summed E-state index contributed by atoms with van der Waals surface area (Å²) in [5.41, 5.74) is 5.83. The lowest BCUT2D eigenvalue weighted by molar-refractivity contribution is 0.305. The number of nitrogens with two attached hydrogens (primary N) is 1. The van der Waals surface area contributed by atoms with Crippen LogP contribution in [0.3, 0.4) is 0 Å². The second-order valence-electron chi connectivity index (χ2n) is 3.92. The Bertz CT molecular complexity index is 95.3. The van der Waals surface area contributed by atoms with Crippen LogP contribution >= 0.6 is 17.0 Å². The zero-order valence-corrected chi connectivity index (χ0v) is 9.80. The summed E-state index contributed by atoms with van der Waals surface area (Å²) in [6, 6.07) is 0.521. The van der Waals surface area contributed by atoms with E-state index in [1.807, 2.05) is 0 Å². The van der Waals surface area contributed by atoms with E-state index in [2.05, 4.69) is 6.92 Å². The molecular formula is C10H22BrN. The molecule has 1 fully saturated rings. The van der Waals surface area contributed by atoms with Crippen LogP contribution in [0, 0.1) is 5.92 Å². The number of unbranched alkanes of at least 4 members (excludes halogenated alkanes) is 1. The molecule has 1 saturated carbocycles. The van der Waals surface area contributed by atoms with Crippen molar-refractivity contribution < 1.29 is 0 Å². The fourth-order valence-corrected chi connectivity index (χ4v) is 1.97. The van der Waals surface area contributed by atoms with Crippen LogP contribution in [0.25, 0.3) is 0 Å². The third-order valence-electron chi connectivity index (χ3n) is 2.86. The van der Waals surface area contributed by atoms with Gasteiger partial charge in [-0.15, -0.1) is 17.0 Å². The molecule has 0 atom stereocenters. The van der Waals surface area contributed by atoms with Crippen molar-refractivity contribution in [3.63, 3.8) is 0 Å². The van der Waals surface area contributed by atoms with Crippen LogP contribution in [0.5, 0.6) is 0 Å². The van der Waals surface area contributed by atoms with Gasteiger partial charge in [0.1, 0.15) is 0 Å². The summed E-state index contributed by atoms with van der Waals surface area (Å²) in [6.07, 6.45) is 9.54. The first-order valence-corrected chi connectivity index (χ1v) is 5.08. The summed E-state index contributed by atoms with van der Waals surface area (Å²) >= 11 is 0. The third-order valence-corrected chi connectivity index (χ3v) is 2.86. The molecule has 0 saturated heterocycles. The van der Waals surface area contributed by atoms with Gasteiger partial charge in [0.05, 0.1) is 0 Å². The van der Waals surface area contributed by atoms with E-state index in [4.69, 9.17) is 5.73 Å². The van der Waals surface area contributed by atoms with Gasteiger partial charge in [-0.3, -0.25) is 0 Å². The third kappa shape index (κ3) is 4.46. The van der Waals surface area contributed by atoms with Crippen molar-refractivity contribution in [3.8, 4) is 0 Å². The molecule has 2 heteroatoms. The molecule has 0 aromatic carbocycles. The normalized spacial score (nSPS) is 29.5. The Labute approximate surface area is 86.9 Å². The van der Waals surface area contributed by atoms with Crippen LogP contribution < -0.4 is 5.73 Å². The Kier molecular flexibility index (Phi) is 7.16. The van der Waals surface area contributed by atoms with Gasteiger partial charge in [0.25, 0.3) is 0 Å². The van der Waals surface area contributed by atoms with Gasteiger partial charge in [0.15, 0.2) is 0 Å². The molecule has 0 unspecified atom stereocenters. The van der Waals surface area contributed by atoms with Gasteiger partial charge >= 0.3 is 0 Å². The predicted octanol–water partition coefficient (Wildman–Crippen LogP) is 3.27. The lowest BCUT2D eigenvalue weighted by atomic mass is 9.83. The van der Waals surface area contributed by atoms with Crippen molar-refractivity contribution in [1.29, 1.82) is 0 Å². The van der Waals surface area contributed by atoms with Crippen molar-refractivity contribution in [1.82, 2.24) is 0 Å². The maximum absolute atomic E-state index is 5.83. The highest BCUT2D eigenvalue weighted by Crippen LogP contribution is 2.27. The Morgan fingerprint density at radius 1 is 1.17 bits per heavy atom. The Morgan fingerprint density at radius 3 is 2.25 bits per heavy atom. The molecule has 1 nitrogen and oxygen atoms in total. The zero-order valence-electron chi connectivity index (χ0n) is 8.09. The van der Waals surface area contributed by atoms with Crippen LogP contribution in [0.1, 0.15) is 51.9 Å². The molecule has 0 radical (unpaired) electrons. The molecule has 12 heavy (non-hydrogen) atoms. The van der Waals surface area contributed by atoms with E-state index in [-0.39, 0.29) is 17.0 Å². The van der Waals surface area contributed by atoms with Gasteiger partial charge < -0.3 is 5.73 Å². The zero-order chi connectivity index (χ0) is 8.10. The SMILES string of the molecule is Br.CCCCC1CCC(N)CC1. The van der Waals surface area contributed by atoms with E-state index in [1.54, 1.807) is 0 Å². The highest BCUT2D eigenvalue weighted by atomic mass is 79.9. The van der Waals surface area contributed by atoms with Crippen molar-refractivity contribution in [2.75, 3.05) is 0 Å². The van der Waals surface area contributed by atoms with Crippen LogP contribution in [0.2, 0.25) is 0 Å². The molecule has 0 aromatic heterocycles. The summed E-state index contributed by atoms with van der Waals surface area (Å²) in [5, 5.41) is 0. The minimum Gasteiger partial charge on any atom is -0.328 e. The van der Waals surface area contributed by atoms with Crippen LogP contribution in [-0.4, -0.2) is 6.04 Å². The fourth-order valence-electron chi connectivity index (χ4n) is 1.97. The smallest absolute Gasteiger partial charge is 0.00390 e. The first kappa shape index (κ1) is 12.4. The first-order valence-electron chi connectivity index (χ1n) is 5.08. The maximum Gasteiger partial charge on any atom is 0.00390 e. The summed E-state index contributed by atoms with van der Waals surface area (Å²) in [6.45, 7) is 2.27. The van der Waals surface area contributed by atoms with Crippen molar-refractivity contribution in [2.45, 2.75) is 57.9 Å². The topological polar surface area (TPSA) is 26.0 Å². The molecule has 1 aliphatic rings. The molecule has 0 aliphatic heterocycles. The highest BCUT2D eigenvalue weighted by Gasteiger charge is 2.17. The molecule has 0 amide bonds. The van der Waals surface area contributed by atoms with Crippen molar-refractivity contribution in [2.24, 2.45) is 11.7 Å². The van der Waals surface area contributed by atoms with Crippen molar-refractivity contribution >= 4 is 17.0 Å². The standard InChI is InChI=1S/C10H21N.BrH/c1-2-3-4-9-5-7-10(11)8-6-9;/h9-10H,2-8,11H2,1H3;1H. The van der Waals surface area contributed by atoms with E-state index in [0.717, 1.165) is 5.92 Å².